The summed E-state index contributed by atoms with van der Waals surface area (Å²) < 4.78 is 4.89. The molecule has 2 N–H and O–H groups in total. The van der Waals surface area contributed by atoms with E-state index in [1.165, 1.54) is 5.56 Å². The number of esters is 1. The molecule has 0 unspecified atom stereocenters. The zero-order chi connectivity index (χ0) is 12.0. The van der Waals surface area contributed by atoms with Gasteiger partial charge in [0.05, 0.1) is 13.0 Å². The third-order valence-electron chi connectivity index (χ3n) is 2.53. The highest BCUT2D eigenvalue weighted by Crippen LogP contribution is 2.19. The van der Waals surface area contributed by atoms with Crippen LogP contribution in [-0.4, -0.2) is 12.6 Å². The Morgan fingerprint density at radius 3 is 2.69 bits per heavy atom. The molecule has 88 valence electrons. The van der Waals surface area contributed by atoms with E-state index in [0.29, 0.717) is 6.61 Å². The smallest absolute Gasteiger partial charge is 0.307 e. The van der Waals surface area contributed by atoms with Gasteiger partial charge in [-0.05, 0) is 24.5 Å². The molecule has 1 aromatic rings. The van der Waals surface area contributed by atoms with Gasteiger partial charge in [0.25, 0.3) is 0 Å². The van der Waals surface area contributed by atoms with Crippen LogP contribution in [0.4, 0.5) is 0 Å². The summed E-state index contributed by atoms with van der Waals surface area (Å²) in [6, 6.07) is 7.68. The van der Waals surface area contributed by atoms with Gasteiger partial charge in [-0.15, -0.1) is 0 Å². The number of hydrogen-bond acceptors (Lipinski definition) is 3. The van der Waals surface area contributed by atoms with Gasteiger partial charge >= 0.3 is 5.97 Å². The average Bonchev–Trinajstić information content (AvgIpc) is 2.29. The van der Waals surface area contributed by atoms with Crippen LogP contribution in [0.1, 0.15) is 37.4 Å². The van der Waals surface area contributed by atoms with E-state index in [4.69, 9.17) is 10.5 Å². The van der Waals surface area contributed by atoms with Crippen LogP contribution < -0.4 is 5.73 Å². The molecule has 0 saturated carbocycles. The monoisotopic (exact) mass is 221 g/mol. The Labute approximate surface area is 96.6 Å². The van der Waals surface area contributed by atoms with E-state index >= 15 is 0 Å². The van der Waals surface area contributed by atoms with Crippen molar-refractivity contribution in [1.82, 2.24) is 0 Å². The van der Waals surface area contributed by atoms with Crippen molar-refractivity contribution in [2.45, 2.75) is 32.7 Å². The molecule has 1 rings (SSSR count). The number of carbonyl (C=O) groups excluding carboxylic acids is 1. The van der Waals surface area contributed by atoms with Crippen LogP contribution >= 0.6 is 0 Å². The summed E-state index contributed by atoms with van der Waals surface area (Å²) in [6.45, 7) is 4.28. The molecule has 0 bridgehead atoms. The Morgan fingerprint density at radius 2 is 2.06 bits per heavy atom. The Hall–Kier alpha value is -1.35. The molecule has 0 radical (unpaired) electrons. The molecule has 1 atom stereocenters. The van der Waals surface area contributed by atoms with Crippen LogP contribution in [0, 0.1) is 0 Å². The Bertz CT molecular complexity index is 350. The summed E-state index contributed by atoms with van der Waals surface area (Å²) in [5.41, 5.74) is 8.24. The first-order chi connectivity index (χ1) is 7.69. The lowest BCUT2D eigenvalue weighted by Crippen LogP contribution is -2.18. The van der Waals surface area contributed by atoms with Gasteiger partial charge in [0.2, 0.25) is 0 Å². The van der Waals surface area contributed by atoms with Gasteiger partial charge in [-0.2, -0.15) is 0 Å². The fourth-order valence-electron chi connectivity index (χ4n) is 1.73. The highest BCUT2D eigenvalue weighted by atomic mass is 16.5. The topological polar surface area (TPSA) is 52.3 Å². The van der Waals surface area contributed by atoms with Gasteiger partial charge in [-0.25, -0.2) is 0 Å². The van der Waals surface area contributed by atoms with Crippen molar-refractivity contribution in [3.8, 4) is 0 Å². The maximum absolute atomic E-state index is 11.3. The van der Waals surface area contributed by atoms with E-state index in [9.17, 15) is 4.79 Å². The molecule has 1 aromatic carbocycles. The molecule has 0 spiro atoms. The fourth-order valence-corrected chi connectivity index (χ4v) is 1.73. The van der Waals surface area contributed by atoms with Crippen LogP contribution in [0.2, 0.25) is 0 Å². The zero-order valence-corrected chi connectivity index (χ0v) is 9.90. The van der Waals surface area contributed by atoms with E-state index in [-0.39, 0.29) is 18.4 Å². The first kappa shape index (κ1) is 12.7. The lowest BCUT2D eigenvalue weighted by atomic mass is 9.97. The number of nitrogens with two attached hydrogens (primary N) is 1. The van der Waals surface area contributed by atoms with E-state index in [1.54, 1.807) is 6.92 Å². The Morgan fingerprint density at radius 1 is 1.38 bits per heavy atom. The van der Waals surface area contributed by atoms with E-state index < -0.39 is 0 Å². The van der Waals surface area contributed by atoms with Crippen LogP contribution in [0.5, 0.6) is 0 Å². The third kappa shape index (κ3) is 3.35. The number of aryl methyl sites for hydroxylation is 1. The summed E-state index contributed by atoms with van der Waals surface area (Å²) in [5.74, 6) is -0.235. The van der Waals surface area contributed by atoms with E-state index in [1.807, 2.05) is 24.3 Å². The molecule has 0 fully saturated rings. The Kier molecular flexibility index (Phi) is 4.99. The van der Waals surface area contributed by atoms with Gasteiger partial charge in [0.15, 0.2) is 0 Å². The van der Waals surface area contributed by atoms with Crippen molar-refractivity contribution < 1.29 is 9.53 Å². The van der Waals surface area contributed by atoms with Crippen LogP contribution in [0.25, 0.3) is 0 Å². The van der Waals surface area contributed by atoms with Gasteiger partial charge in [0, 0.05) is 6.04 Å². The summed E-state index contributed by atoms with van der Waals surface area (Å²) in [4.78, 5) is 11.3. The summed E-state index contributed by atoms with van der Waals surface area (Å²) in [7, 11) is 0. The van der Waals surface area contributed by atoms with Gasteiger partial charge < -0.3 is 10.5 Å². The molecule has 3 nitrogen and oxygen atoms in total. The summed E-state index contributed by atoms with van der Waals surface area (Å²) in [6.07, 6.45) is 1.16. The highest BCUT2D eigenvalue weighted by Gasteiger charge is 2.14. The predicted octanol–water partition coefficient (Wildman–Crippen LogP) is 2.20. The summed E-state index contributed by atoms with van der Waals surface area (Å²) in [5, 5.41) is 0. The molecular weight excluding hydrogens is 202 g/mol. The maximum Gasteiger partial charge on any atom is 0.307 e. The zero-order valence-electron chi connectivity index (χ0n) is 9.90. The molecule has 0 aliphatic carbocycles. The molecule has 16 heavy (non-hydrogen) atoms. The van der Waals surface area contributed by atoms with Crippen molar-refractivity contribution >= 4 is 5.97 Å². The molecule has 0 aliphatic rings. The summed E-state index contributed by atoms with van der Waals surface area (Å²) >= 11 is 0. The van der Waals surface area contributed by atoms with Crippen LogP contribution in [-0.2, 0) is 16.0 Å². The highest BCUT2D eigenvalue weighted by molar-refractivity contribution is 5.70. The number of rotatable bonds is 5. The van der Waals surface area contributed by atoms with Crippen molar-refractivity contribution in [1.29, 1.82) is 0 Å². The quantitative estimate of drug-likeness (QED) is 0.775. The van der Waals surface area contributed by atoms with Crippen molar-refractivity contribution in [3.05, 3.63) is 35.4 Å². The van der Waals surface area contributed by atoms with Crippen molar-refractivity contribution in [2.24, 2.45) is 5.73 Å². The second-order valence-electron chi connectivity index (χ2n) is 3.67. The molecular formula is C13H19NO2. The van der Waals surface area contributed by atoms with Crippen molar-refractivity contribution in [3.63, 3.8) is 0 Å². The number of benzene rings is 1. The van der Waals surface area contributed by atoms with Crippen LogP contribution in [0.15, 0.2) is 24.3 Å². The van der Waals surface area contributed by atoms with Gasteiger partial charge in [-0.1, -0.05) is 31.2 Å². The fraction of sp³-hybridized carbons (Fsp3) is 0.462. The maximum atomic E-state index is 11.3. The normalized spacial score (nSPS) is 12.2. The molecule has 0 amide bonds. The first-order valence-corrected chi connectivity index (χ1v) is 5.68. The van der Waals surface area contributed by atoms with E-state index in [0.717, 1.165) is 12.0 Å². The standard InChI is InChI=1S/C13H19NO2/c1-3-10-7-5-6-8-11(10)12(14)9-13(15)16-4-2/h5-8,12H,3-4,9,14H2,1-2H3/t12-/m1/s1. The van der Waals surface area contributed by atoms with Crippen LogP contribution in [0.3, 0.4) is 0 Å². The second-order valence-corrected chi connectivity index (χ2v) is 3.67. The molecule has 0 heterocycles. The molecule has 0 aromatic heterocycles. The van der Waals surface area contributed by atoms with Gasteiger partial charge in [-0.3, -0.25) is 4.79 Å². The van der Waals surface area contributed by atoms with E-state index in [2.05, 4.69) is 6.92 Å². The van der Waals surface area contributed by atoms with Gasteiger partial charge in [0.1, 0.15) is 0 Å². The third-order valence-corrected chi connectivity index (χ3v) is 2.53. The number of carbonyl (C=O) groups is 1. The largest absolute Gasteiger partial charge is 0.466 e. The minimum Gasteiger partial charge on any atom is -0.466 e. The minimum absolute atomic E-state index is 0.235. The number of hydrogen-bond donors (Lipinski definition) is 1. The second kappa shape index (κ2) is 6.28. The molecule has 3 heteroatoms. The Balaban J connectivity index is 2.72. The molecule has 0 aliphatic heterocycles. The average molecular weight is 221 g/mol. The minimum atomic E-state index is -0.268. The number of ether oxygens (including phenoxy) is 1. The lowest BCUT2D eigenvalue weighted by Gasteiger charge is -2.14. The molecule has 0 saturated heterocycles. The lowest BCUT2D eigenvalue weighted by molar-refractivity contribution is -0.143. The van der Waals surface area contributed by atoms with Crippen molar-refractivity contribution in [2.75, 3.05) is 6.61 Å². The first-order valence-electron chi connectivity index (χ1n) is 5.68. The predicted molar refractivity (Wildman–Crippen MR) is 64.0 cm³/mol. The SMILES string of the molecule is CCOC(=O)C[C@@H](N)c1ccccc1CC.